The van der Waals surface area contributed by atoms with Crippen molar-refractivity contribution in [3.05, 3.63) is 41.2 Å². The van der Waals surface area contributed by atoms with E-state index in [1.54, 1.807) is 0 Å². The third-order valence-electron chi connectivity index (χ3n) is 4.33. The zero-order chi connectivity index (χ0) is 18.2. The second-order valence-corrected chi connectivity index (χ2v) is 5.97. The zero-order valence-electron chi connectivity index (χ0n) is 13.0. The van der Waals surface area contributed by atoms with Gasteiger partial charge in [0.05, 0.1) is 11.6 Å². The van der Waals surface area contributed by atoms with Crippen LogP contribution in [0.5, 0.6) is 0 Å². The normalized spacial score (nSPS) is 23.7. The number of carbonyl (C=O) groups is 2. The molecule has 6 nitrogen and oxygen atoms in total. The Morgan fingerprint density at radius 3 is 2.56 bits per heavy atom. The summed E-state index contributed by atoms with van der Waals surface area (Å²) in [5.41, 5.74) is -1.15. The quantitative estimate of drug-likeness (QED) is 0.606. The van der Waals surface area contributed by atoms with Gasteiger partial charge in [-0.15, -0.1) is 0 Å². The van der Waals surface area contributed by atoms with Gasteiger partial charge in [0.15, 0.2) is 0 Å². The second-order valence-electron chi connectivity index (χ2n) is 5.97. The van der Waals surface area contributed by atoms with Crippen molar-refractivity contribution in [1.82, 2.24) is 10.6 Å². The first-order valence-electron chi connectivity index (χ1n) is 7.70. The highest BCUT2D eigenvalue weighted by Crippen LogP contribution is 2.30. The summed E-state index contributed by atoms with van der Waals surface area (Å²) in [7, 11) is 0. The summed E-state index contributed by atoms with van der Waals surface area (Å²) in [5.74, 6) is -2.19. The molecule has 0 radical (unpaired) electrons. The third-order valence-corrected chi connectivity index (χ3v) is 4.33. The molecule has 134 valence electrons. The minimum atomic E-state index is -4.48. The van der Waals surface area contributed by atoms with Crippen LogP contribution in [0.4, 0.5) is 18.9 Å². The predicted octanol–water partition coefficient (Wildman–Crippen LogP) is 1.56. The number of fused-ring (bicyclic) bond motifs is 1. The van der Waals surface area contributed by atoms with Crippen molar-refractivity contribution in [1.29, 1.82) is 0 Å². The lowest BCUT2D eigenvalue weighted by molar-refractivity contribution is -0.137. The average molecular weight is 355 g/mol. The Morgan fingerprint density at radius 1 is 1.24 bits per heavy atom. The van der Waals surface area contributed by atoms with Gasteiger partial charge in [-0.05, 0) is 37.2 Å². The summed E-state index contributed by atoms with van der Waals surface area (Å²) in [4.78, 5) is 24.4. The number of piperidine rings is 1. The van der Waals surface area contributed by atoms with Crippen LogP contribution in [-0.4, -0.2) is 36.1 Å². The molecule has 0 aliphatic carbocycles. The number of rotatable bonds is 2. The van der Waals surface area contributed by atoms with Crippen LogP contribution < -0.4 is 16.0 Å². The molecule has 25 heavy (non-hydrogen) atoms. The Balaban J connectivity index is 1.79. The Hall–Kier alpha value is -2.55. The number of alkyl halides is 3. The van der Waals surface area contributed by atoms with Gasteiger partial charge in [0, 0.05) is 18.2 Å². The van der Waals surface area contributed by atoms with Crippen molar-refractivity contribution < 1.29 is 27.9 Å². The van der Waals surface area contributed by atoms with Crippen LogP contribution >= 0.6 is 0 Å². The van der Waals surface area contributed by atoms with Gasteiger partial charge in [0.1, 0.15) is 11.3 Å². The van der Waals surface area contributed by atoms with Gasteiger partial charge in [-0.1, -0.05) is 0 Å². The molecule has 0 spiro atoms. The lowest BCUT2D eigenvalue weighted by Gasteiger charge is -2.36. The molecule has 1 fully saturated rings. The number of aliphatic hydroxyl groups is 1. The zero-order valence-corrected chi connectivity index (χ0v) is 13.0. The summed E-state index contributed by atoms with van der Waals surface area (Å²) in [6.07, 6.45) is -3.91. The summed E-state index contributed by atoms with van der Waals surface area (Å²) in [6, 6.07) is 3.55. The van der Waals surface area contributed by atoms with Crippen molar-refractivity contribution in [3.63, 3.8) is 0 Å². The fourth-order valence-electron chi connectivity index (χ4n) is 3.04. The molecule has 2 amide bonds. The molecule has 1 aromatic rings. The highest BCUT2D eigenvalue weighted by Gasteiger charge is 2.40. The Morgan fingerprint density at radius 2 is 1.92 bits per heavy atom. The minimum Gasteiger partial charge on any atom is -0.511 e. The van der Waals surface area contributed by atoms with E-state index in [0.29, 0.717) is 19.5 Å². The summed E-state index contributed by atoms with van der Waals surface area (Å²) >= 11 is 0. The summed E-state index contributed by atoms with van der Waals surface area (Å²) in [6.45, 7) is 1.14. The van der Waals surface area contributed by atoms with Crippen LogP contribution in [0, 0.1) is 5.92 Å². The molecule has 2 unspecified atom stereocenters. The van der Waals surface area contributed by atoms with Gasteiger partial charge < -0.3 is 21.1 Å². The molecule has 9 heteroatoms. The van der Waals surface area contributed by atoms with Crippen molar-refractivity contribution in [2.75, 3.05) is 18.4 Å². The molecule has 2 atom stereocenters. The predicted molar refractivity (Wildman–Crippen MR) is 82.6 cm³/mol. The molecule has 0 saturated carbocycles. The first-order chi connectivity index (χ1) is 11.8. The fraction of sp³-hybridized carbons (Fsp3) is 0.375. The van der Waals surface area contributed by atoms with Crippen molar-refractivity contribution in [2.24, 2.45) is 5.92 Å². The number of hydrogen-bond acceptors (Lipinski definition) is 4. The molecule has 4 N–H and O–H groups in total. The SMILES string of the molecule is O=C(Nc1ccc(C(F)(F)F)cc1)C1=C(O)C2CCNCC2NC1=O. The monoisotopic (exact) mass is 355 g/mol. The maximum atomic E-state index is 12.5. The highest BCUT2D eigenvalue weighted by atomic mass is 19.4. The fourth-order valence-corrected chi connectivity index (χ4v) is 3.04. The number of amides is 2. The van der Waals surface area contributed by atoms with Gasteiger partial charge in [-0.2, -0.15) is 13.2 Å². The number of nitrogens with one attached hydrogen (secondary N) is 3. The van der Waals surface area contributed by atoms with Crippen LogP contribution in [0.2, 0.25) is 0 Å². The number of benzene rings is 1. The molecule has 2 aliphatic heterocycles. The van der Waals surface area contributed by atoms with Crippen LogP contribution in [0.15, 0.2) is 35.6 Å². The third kappa shape index (κ3) is 3.46. The Kier molecular flexibility index (Phi) is 4.42. The van der Waals surface area contributed by atoms with Gasteiger partial charge in [0.25, 0.3) is 11.8 Å². The van der Waals surface area contributed by atoms with Crippen LogP contribution in [-0.2, 0) is 15.8 Å². The first kappa shape index (κ1) is 17.3. The smallest absolute Gasteiger partial charge is 0.416 e. The lowest BCUT2D eigenvalue weighted by atomic mass is 9.85. The van der Waals surface area contributed by atoms with E-state index >= 15 is 0 Å². The Bertz CT molecular complexity index is 728. The molecule has 3 rings (SSSR count). The van der Waals surface area contributed by atoms with E-state index < -0.39 is 29.1 Å². The Labute approximate surface area is 141 Å². The second kappa shape index (κ2) is 6.40. The molecular weight excluding hydrogens is 339 g/mol. The van der Waals surface area contributed by atoms with E-state index in [-0.39, 0.29) is 23.4 Å². The molecule has 2 heterocycles. The van der Waals surface area contributed by atoms with Crippen LogP contribution in [0.1, 0.15) is 12.0 Å². The number of anilines is 1. The highest BCUT2D eigenvalue weighted by molar-refractivity contribution is 6.23. The maximum absolute atomic E-state index is 12.5. The molecule has 0 bridgehead atoms. The molecule has 1 aromatic carbocycles. The lowest BCUT2D eigenvalue weighted by Crippen LogP contribution is -2.56. The van der Waals surface area contributed by atoms with Gasteiger partial charge in [0.2, 0.25) is 0 Å². The van der Waals surface area contributed by atoms with Crippen molar-refractivity contribution >= 4 is 17.5 Å². The average Bonchev–Trinajstić information content (AvgIpc) is 2.54. The van der Waals surface area contributed by atoms with E-state index in [2.05, 4.69) is 16.0 Å². The van der Waals surface area contributed by atoms with Crippen molar-refractivity contribution in [3.8, 4) is 0 Å². The minimum absolute atomic E-state index is 0.0959. The van der Waals surface area contributed by atoms with E-state index in [1.807, 2.05) is 0 Å². The molecule has 2 aliphatic rings. The van der Waals surface area contributed by atoms with Crippen LogP contribution in [0.3, 0.4) is 0 Å². The summed E-state index contributed by atoms with van der Waals surface area (Å²) < 4.78 is 37.6. The standard InChI is InChI=1S/C16H16F3N3O3/c17-16(18,19)8-1-3-9(4-2-8)21-14(24)12-13(23)10-5-6-20-7-11(10)22-15(12)25/h1-4,10-11,20,23H,5-7H2,(H,21,24)(H,22,25). The molecule has 1 saturated heterocycles. The van der Waals surface area contributed by atoms with E-state index in [1.165, 1.54) is 0 Å². The number of carbonyl (C=O) groups excluding carboxylic acids is 2. The van der Waals surface area contributed by atoms with E-state index in [9.17, 15) is 27.9 Å². The largest absolute Gasteiger partial charge is 0.511 e. The van der Waals surface area contributed by atoms with Gasteiger partial charge in [-0.3, -0.25) is 9.59 Å². The number of halogens is 3. The number of aliphatic hydroxyl groups excluding tert-OH is 1. The van der Waals surface area contributed by atoms with Crippen LogP contribution in [0.25, 0.3) is 0 Å². The van der Waals surface area contributed by atoms with E-state index in [4.69, 9.17) is 0 Å². The van der Waals surface area contributed by atoms with E-state index in [0.717, 1.165) is 24.3 Å². The van der Waals surface area contributed by atoms with Crippen molar-refractivity contribution in [2.45, 2.75) is 18.6 Å². The molecule has 0 aromatic heterocycles. The first-order valence-corrected chi connectivity index (χ1v) is 7.70. The topological polar surface area (TPSA) is 90.5 Å². The molecular formula is C16H16F3N3O3. The number of hydrogen-bond donors (Lipinski definition) is 4. The van der Waals surface area contributed by atoms with Gasteiger partial charge >= 0.3 is 6.18 Å². The summed E-state index contributed by atoms with van der Waals surface area (Å²) in [5, 5.41) is 18.4. The maximum Gasteiger partial charge on any atom is 0.416 e. The van der Waals surface area contributed by atoms with Gasteiger partial charge in [-0.25, -0.2) is 0 Å².